The number of hydrogen-bond donors (Lipinski definition) is 1. The number of nitrogens with one attached hydrogen (secondary N) is 1. The Hall–Kier alpha value is -1.89. The molecule has 0 spiro atoms. The fraction of sp³-hybridized carbons (Fsp3) is 0.500. The first-order chi connectivity index (χ1) is 10.8. The van der Waals surface area contributed by atoms with Crippen molar-refractivity contribution in [2.75, 3.05) is 25.6 Å². The van der Waals surface area contributed by atoms with Crippen molar-refractivity contribution < 1.29 is 18.0 Å². The minimum atomic E-state index is -2.95. The first-order valence-electron chi connectivity index (χ1n) is 7.56. The maximum Gasteiger partial charge on any atom is 0.251 e. The van der Waals surface area contributed by atoms with Gasteiger partial charge in [0.1, 0.15) is 0 Å². The summed E-state index contributed by atoms with van der Waals surface area (Å²) in [5.41, 5.74) is 1.49. The van der Waals surface area contributed by atoms with E-state index in [9.17, 15) is 18.0 Å². The van der Waals surface area contributed by atoms with Gasteiger partial charge in [-0.1, -0.05) is 12.1 Å². The summed E-state index contributed by atoms with van der Waals surface area (Å²) >= 11 is 0. The second kappa shape index (κ2) is 7.12. The fourth-order valence-electron chi connectivity index (χ4n) is 2.70. The highest BCUT2D eigenvalue weighted by atomic mass is 32.2. The van der Waals surface area contributed by atoms with E-state index in [1.807, 2.05) is 12.1 Å². The molecule has 0 radical (unpaired) electrons. The summed E-state index contributed by atoms with van der Waals surface area (Å²) in [4.78, 5) is 25.3. The molecule has 0 bridgehead atoms. The number of carbonyl (C=O) groups is 2. The Bertz CT molecular complexity index is 683. The second-order valence-corrected chi connectivity index (χ2v) is 8.23. The van der Waals surface area contributed by atoms with Gasteiger partial charge in [-0.3, -0.25) is 9.59 Å². The average molecular weight is 338 g/mol. The molecule has 126 valence electrons. The molecule has 1 aliphatic rings. The van der Waals surface area contributed by atoms with Crippen LogP contribution in [-0.2, 0) is 21.2 Å². The number of hydrogen-bond acceptors (Lipinski definition) is 4. The van der Waals surface area contributed by atoms with E-state index in [0.29, 0.717) is 18.5 Å². The number of sulfone groups is 1. The summed E-state index contributed by atoms with van der Waals surface area (Å²) in [6, 6.07) is 7.06. The number of carbonyl (C=O) groups excluding carboxylic acids is 2. The van der Waals surface area contributed by atoms with Crippen LogP contribution in [0.2, 0.25) is 0 Å². The lowest BCUT2D eigenvalue weighted by Crippen LogP contribution is -2.28. The van der Waals surface area contributed by atoms with Crippen LogP contribution in [0.5, 0.6) is 0 Å². The van der Waals surface area contributed by atoms with Gasteiger partial charge in [-0.2, -0.15) is 0 Å². The quantitative estimate of drug-likeness (QED) is 0.862. The van der Waals surface area contributed by atoms with Crippen molar-refractivity contribution in [1.82, 2.24) is 10.2 Å². The number of benzene rings is 1. The lowest BCUT2D eigenvalue weighted by Gasteiger charge is -2.19. The normalized spacial score (nSPS) is 19.3. The van der Waals surface area contributed by atoms with Gasteiger partial charge in [0, 0.05) is 32.6 Å². The molecule has 0 aliphatic carbocycles. The van der Waals surface area contributed by atoms with Crippen LogP contribution in [0.3, 0.4) is 0 Å². The van der Waals surface area contributed by atoms with Gasteiger partial charge < -0.3 is 10.2 Å². The minimum absolute atomic E-state index is 0.0533. The molecule has 0 saturated carbocycles. The van der Waals surface area contributed by atoms with E-state index >= 15 is 0 Å². The van der Waals surface area contributed by atoms with Crippen LogP contribution in [0.4, 0.5) is 0 Å². The Labute approximate surface area is 136 Å². The van der Waals surface area contributed by atoms with Crippen molar-refractivity contribution in [2.24, 2.45) is 5.92 Å². The monoisotopic (exact) mass is 338 g/mol. The van der Waals surface area contributed by atoms with Crippen LogP contribution >= 0.6 is 0 Å². The van der Waals surface area contributed by atoms with E-state index in [4.69, 9.17) is 0 Å². The highest BCUT2D eigenvalue weighted by Crippen LogP contribution is 2.22. The highest BCUT2D eigenvalue weighted by molar-refractivity contribution is 7.91. The van der Waals surface area contributed by atoms with Crippen molar-refractivity contribution in [3.05, 3.63) is 35.4 Å². The second-order valence-electron chi connectivity index (χ2n) is 6.00. The smallest absolute Gasteiger partial charge is 0.251 e. The van der Waals surface area contributed by atoms with E-state index in [1.54, 1.807) is 31.1 Å². The Kier molecular flexibility index (Phi) is 5.41. The largest absolute Gasteiger partial charge is 0.355 e. The molecular weight excluding hydrogens is 316 g/mol. The van der Waals surface area contributed by atoms with Crippen molar-refractivity contribution in [3.63, 3.8) is 0 Å². The molecule has 1 fully saturated rings. The van der Waals surface area contributed by atoms with Crippen LogP contribution in [0.15, 0.2) is 24.3 Å². The SMILES string of the molecule is CNC(=O)c1ccc(CN(C)C(=O)C[C@@H]2CCS(=O)(=O)C2)cc1. The van der Waals surface area contributed by atoms with Gasteiger partial charge in [0.15, 0.2) is 9.84 Å². The first-order valence-corrected chi connectivity index (χ1v) is 9.38. The zero-order valence-electron chi connectivity index (χ0n) is 13.4. The van der Waals surface area contributed by atoms with E-state index in [-0.39, 0.29) is 35.7 Å². The Morgan fingerprint density at radius 2 is 1.91 bits per heavy atom. The molecule has 1 heterocycles. The summed E-state index contributed by atoms with van der Waals surface area (Å²) in [6.07, 6.45) is 0.842. The molecule has 6 nitrogen and oxygen atoms in total. The molecule has 2 rings (SSSR count). The van der Waals surface area contributed by atoms with Crippen molar-refractivity contribution in [1.29, 1.82) is 0 Å². The Morgan fingerprint density at radius 3 is 2.43 bits per heavy atom. The van der Waals surface area contributed by atoms with Crippen molar-refractivity contribution in [2.45, 2.75) is 19.4 Å². The average Bonchev–Trinajstić information content (AvgIpc) is 2.86. The number of rotatable bonds is 5. The third-order valence-electron chi connectivity index (χ3n) is 4.08. The predicted molar refractivity (Wildman–Crippen MR) is 87.7 cm³/mol. The lowest BCUT2D eigenvalue weighted by molar-refractivity contribution is -0.131. The third-order valence-corrected chi connectivity index (χ3v) is 5.92. The summed E-state index contributed by atoms with van der Waals surface area (Å²) in [7, 11) is 0.332. The summed E-state index contributed by atoms with van der Waals surface area (Å²) in [5.74, 6) is 0.0414. The predicted octanol–water partition coefficient (Wildman–Crippen LogP) is 0.829. The van der Waals surface area contributed by atoms with Gasteiger partial charge >= 0.3 is 0 Å². The lowest BCUT2D eigenvalue weighted by atomic mass is 10.0. The zero-order valence-corrected chi connectivity index (χ0v) is 14.2. The maximum absolute atomic E-state index is 12.2. The molecule has 1 N–H and O–H groups in total. The molecule has 7 heteroatoms. The molecule has 2 amide bonds. The highest BCUT2D eigenvalue weighted by Gasteiger charge is 2.30. The zero-order chi connectivity index (χ0) is 17.0. The van der Waals surface area contributed by atoms with Crippen LogP contribution in [0, 0.1) is 5.92 Å². The molecule has 1 saturated heterocycles. The first kappa shape index (κ1) is 17.5. The molecule has 0 unspecified atom stereocenters. The van der Waals surface area contributed by atoms with Gasteiger partial charge in [-0.15, -0.1) is 0 Å². The van der Waals surface area contributed by atoms with E-state index in [2.05, 4.69) is 5.32 Å². The summed E-state index contributed by atoms with van der Waals surface area (Å²) in [6.45, 7) is 0.437. The number of nitrogens with zero attached hydrogens (tertiary/aromatic N) is 1. The van der Waals surface area contributed by atoms with Crippen molar-refractivity contribution >= 4 is 21.7 Å². The summed E-state index contributed by atoms with van der Waals surface area (Å²) < 4.78 is 22.9. The topological polar surface area (TPSA) is 83.6 Å². The van der Waals surface area contributed by atoms with Crippen LogP contribution in [0.1, 0.15) is 28.8 Å². The van der Waals surface area contributed by atoms with Crippen LogP contribution < -0.4 is 5.32 Å². The van der Waals surface area contributed by atoms with Gasteiger partial charge in [0.05, 0.1) is 11.5 Å². The van der Waals surface area contributed by atoms with Gasteiger partial charge in [0.2, 0.25) is 5.91 Å². The summed E-state index contributed by atoms with van der Waals surface area (Å²) in [5, 5.41) is 2.55. The standard InChI is InChI=1S/C16H22N2O4S/c1-17-16(20)14-5-3-12(4-6-14)10-18(2)15(19)9-13-7-8-23(21,22)11-13/h3-6,13H,7-11H2,1-2H3,(H,17,20)/t13-/m0/s1. The minimum Gasteiger partial charge on any atom is -0.355 e. The molecule has 0 aromatic heterocycles. The third kappa shape index (κ3) is 4.79. The molecular formula is C16H22N2O4S. The Morgan fingerprint density at radius 1 is 1.26 bits per heavy atom. The van der Waals surface area contributed by atoms with E-state index in [1.165, 1.54) is 0 Å². The molecule has 1 aromatic rings. The number of amides is 2. The fourth-order valence-corrected chi connectivity index (χ4v) is 4.57. The van der Waals surface area contributed by atoms with E-state index < -0.39 is 9.84 Å². The molecule has 1 aromatic carbocycles. The van der Waals surface area contributed by atoms with Gasteiger partial charge in [-0.25, -0.2) is 8.42 Å². The van der Waals surface area contributed by atoms with Crippen molar-refractivity contribution in [3.8, 4) is 0 Å². The van der Waals surface area contributed by atoms with Gasteiger partial charge in [0.25, 0.3) is 5.91 Å². The van der Waals surface area contributed by atoms with Gasteiger partial charge in [-0.05, 0) is 30.0 Å². The molecule has 23 heavy (non-hydrogen) atoms. The Balaban J connectivity index is 1.89. The molecule has 1 aliphatic heterocycles. The van der Waals surface area contributed by atoms with Crippen LogP contribution in [0.25, 0.3) is 0 Å². The van der Waals surface area contributed by atoms with E-state index in [0.717, 1.165) is 5.56 Å². The molecule has 1 atom stereocenters. The maximum atomic E-state index is 12.2. The van der Waals surface area contributed by atoms with Crippen LogP contribution in [-0.4, -0.2) is 50.7 Å².